The van der Waals surface area contributed by atoms with Crippen molar-refractivity contribution in [3.05, 3.63) is 59.4 Å². The quantitative estimate of drug-likeness (QED) is 0.943. The van der Waals surface area contributed by atoms with Crippen LogP contribution in [0.4, 0.5) is 0 Å². The third-order valence-electron chi connectivity index (χ3n) is 4.38. The summed E-state index contributed by atoms with van der Waals surface area (Å²) < 4.78 is 2.26. The lowest BCUT2D eigenvalue weighted by Crippen LogP contribution is -2.46. The molecule has 0 aliphatic carbocycles. The molecule has 0 spiro atoms. The van der Waals surface area contributed by atoms with Crippen molar-refractivity contribution in [3.8, 4) is 0 Å². The minimum Gasteiger partial charge on any atom is -0.348 e. The number of rotatable bonds is 4. The van der Waals surface area contributed by atoms with Gasteiger partial charge in [-0.05, 0) is 24.6 Å². The summed E-state index contributed by atoms with van der Waals surface area (Å²) in [4.78, 5) is 14.8. The fourth-order valence-corrected chi connectivity index (χ4v) is 3.24. The van der Waals surface area contributed by atoms with Crippen LogP contribution < -0.4 is 5.32 Å². The molecular formula is C19H25N3O. The van der Waals surface area contributed by atoms with Crippen molar-refractivity contribution in [1.29, 1.82) is 0 Å². The minimum atomic E-state index is 0.000104. The Bertz CT molecular complexity index is 689. The smallest absolute Gasteiger partial charge is 0.237 e. The number of fused-ring (bicyclic) bond motifs is 1. The van der Waals surface area contributed by atoms with E-state index in [2.05, 4.69) is 73.3 Å². The van der Waals surface area contributed by atoms with E-state index in [1.54, 1.807) is 0 Å². The SMILES string of the molecule is Cc1cccc(C2c3cccn3CCN2C(=O)CNC(C)C)c1. The molecule has 0 bridgehead atoms. The predicted octanol–water partition coefficient (Wildman–Crippen LogP) is 2.73. The van der Waals surface area contributed by atoms with E-state index in [0.29, 0.717) is 12.6 Å². The van der Waals surface area contributed by atoms with Crippen LogP contribution in [0.2, 0.25) is 0 Å². The summed E-state index contributed by atoms with van der Waals surface area (Å²) in [5.41, 5.74) is 3.60. The number of carbonyl (C=O) groups excluding carboxylic acids is 1. The zero-order valence-corrected chi connectivity index (χ0v) is 14.1. The minimum absolute atomic E-state index is 0.000104. The van der Waals surface area contributed by atoms with E-state index < -0.39 is 0 Å². The van der Waals surface area contributed by atoms with Gasteiger partial charge in [0.05, 0.1) is 12.6 Å². The van der Waals surface area contributed by atoms with E-state index in [1.807, 2.05) is 4.90 Å². The third-order valence-corrected chi connectivity index (χ3v) is 4.38. The molecule has 1 amide bonds. The van der Waals surface area contributed by atoms with Crippen LogP contribution in [0.25, 0.3) is 0 Å². The molecule has 0 saturated carbocycles. The number of carbonyl (C=O) groups is 1. The second-order valence-corrected chi connectivity index (χ2v) is 6.57. The monoisotopic (exact) mass is 311 g/mol. The van der Waals surface area contributed by atoms with Gasteiger partial charge in [0.1, 0.15) is 0 Å². The first-order chi connectivity index (χ1) is 11.1. The molecule has 1 N–H and O–H groups in total. The topological polar surface area (TPSA) is 37.3 Å². The van der Waals surface area contributed by atoms with Crippen molar-refractivity contribution in [2.75, 3.05) is 13.1 Å². The molecule has 1 aromatic heterocycles. The second kappa shape index (κ2) is 6.59. The Hall–Kier alpha value is -2.07. The molecule has 4 heteroatoms. The van der Waals surface area contributed by atoms with E-state index in [0.717, 1.165) is 13.1 Å². The van der Waals surface area contributed by atoms with Crippen molar-refractivity contribution < 1.29 is 4.79 Å². The highest BCUT2D eigenvalue weighted by Gasteiger charge is 2.31. The van der Waals surface area contributed by atoms with E-state index in [9.17, 15) is 4.79 Å². The molecule has 1 aliphatic rings. The fraction of sp³-hybridized carbons (Fsp3) is 0.421. The molecule has 3 rings (SSSR count). The van der Waals surface area contributed by atoms with Crippen LogP contribution in [-0.2, 0) is 11.3 Å². The number of aryl methyl sites for hydroxylation is 1. The highest BCUT2D eigenvalue weighted by molar-refractivity contribution is 5.79. The molecule has 0 radical (unpaired) electrons. The van der Waals surface area contributed by atoms with Gasteiger partial charge in [-0.15, -0.1) is 0 Å². The van der Waals surface area contributed by atoms with Crippen molar-refractivity contribution in [2.24, 2.45) is 0 Å². The Balaban J connectivity index is 1.94. The van der Waals surface area contributed by atoms with Crippen LogP contribution in [0.5, 0.6) is 0 Å². The van der Waals surface area contributed by atoms with E-state index in [1.165, 1.54) is 16.8 Å². The Labute approximate surface area is 138 Å². The van der Waals surface area contributed by atoms with Crippen LogP contribution in [0, 0.1) is 6.92 Å². The highest BCUT2D eigenvalue weighted by atomic mass is 16.2. The Morgan fingerprint density at radius 3 is 2.83 bits per heavy atom. The molecule has 1 aliphatic heterocycles. The number of nitrogens with one attached hydrogen (secondary N) is 1. The van der Waals surface area contributed by atoms with Gasteiger partial charge in [-0.25, -0.2) is 0 Å². The van der Waals surface area contributed by atoms with Gasteiger partial charge in [0.25, 0.3) is 0 Å². The van der Waals surface area contributed by atoms with Crippen molar-refractivity contribution in [3.63, 3.8) is 0 Å². The lowest BCUT2D eigenvalue weighted by Gasteiger charge is -2.37. The lowest BCUT2D eigenvalue weighted by molar-refractivity contribution is -0.133. The van der Waals surface area contributed by atoms with E-state index >= 15 is 0 Å². The number of benzene rings is 1. The normalized spacial score (nSPS) is 17.4. The number of amides is 1. The largest absolute Gasteiger partial charge is 0.348 e. The maximum atomic E-state index is 12.8. The predicted molar refractivity (Wildman–Crippen MR) is 92.3 cm³/mol. The summed E-state index contributed by atoms with van der Waals surface area (Å²) in [6, 6.07) is 13.0. The van der Waals surface area contributed by atoms with Crippen LogP contribution >= 0.6 is 0 Å². The number of hydrogen-bond donors (Lipinski definition) is 1. The molecule has 0 fully saturated rings. The molecule has 23 heavy (non-hydrogen) atoms. The van der Waals surface area contributed by atoms with Gasteiger partial charge in [0.2, 0.25) is 5.91 Å². The summed E-state index contributed by atoms with van der Waals surface area (Å²) in [5.74, 6) is 0.164. The van der Waals surface area contributed by atoms with Gasteiger partial charge in [-0.2, -0.15) is 0 Å². The van der Waals surface area contributed by atoms with Gasteiger partial charge in [0.15, 0.2) is 0 Å². The van der Waals surface area contributed by atoms with Crippen LogP contribution in [0.1, 0.15) is 36.7 Å². The molecule has 0 saturated heterocycles. The van der Waals surface area contributed by atoms with Crippen LogP contribution in [-0.4, -0.2) is 34.5 Å². The van der Waals surface area contributed by atoms with Gasteiger partial charge in [-0.3, -0.25) is 4.79 Å². The summed E-state index contributed by atoms with van der Waals surface area (Å²) in [6.45, 7) is 8.22. The standard InChI is InChI=1S/C19H25N3O/c1-14(2)20-13-18(23)22-11-10-21-9-5-8-17(21)19(22)16-7-4-6-15(3)12-16/h4-9,12,14,19-20H,10-11,13H2,1-3H3. The molecular weight excluding hydrogens is 286 g/mol. The van der Waals surface area contributed by atoms with E-state index in [-0.39, 0.29) is 11.9 Å². The lowest BCUT2D eigenvalue weighted by atomic mass is 9.98. The maximum absolute atomic E-state index is 12.8. The summed E-state index contributed by atoms with van der Waals surface area (Å²) in [6.07, 6.45) is 2.10. The summed E-state index contributed by atoms with van der Waals surface area (Å²) in [5, 5.41) is 3.25. The van der Waals surface area contributed by atoms with Crippen LogP contribution in [0.3, 0.4) is 0 Å². The molecule has 1 aromatic carbocycles. The molecule has 4 nitrogen and oxygen atoms in total. The second-order valence-electron chi connectivity index (χ2n) is 6.57. The zero-order chi connectivity index (χ0) is 16.4. The first-order valence-electron chi connectivity index (χ1n) is 8.30. The van der Waals surface area contributed by atoms with Crippen molar-refractivity contribution in [2.45, 2.75) is 39.4 Å². The van der Waals surface area contributed by atoms with Crippen LogP contribution in [0.15, 0.2) is 42.6 Å². The molecule has 122 valence electrons. The first-order valence-corrected chi connectivity index (χ1v) is 8.30. The Kier molecular flexibility index (Phi) is 4.53. The molecule has 2 heterocycles. The molecule has 2 aromatic rings. The molecule has 1 atom stereocenters. The Morgan fingerprint density at radius 1 is 1.26 bits per heavy atom. The van der Waals surface area contributed by atoms with Gasteiger partial charge in [0, 0.05) is 31.0 Å². The number of hydrogen-bond acceptors (Lipinski definition) is 2. The van der Waals surface area contributed by atoms with Gasteiger partial charge >= 0.3 is 0 Å². The molecule has 1 unspecified atom stereocenters. The van der Waals surface area contributed by atoms with Gasteiger partial charge in [-0.1, -0.05) is 43.7 Å². The zero-order valence-electron chi connectivity index (χ0n) is 14.1. The van der Waals surface area contributed by atoms with Crippen molar-refractivity contribution in [1.82, 2.24) is 14.8 Å². The first kappa shape index (κ1) is 15.8. The number of nitrogens with zero attached hydrogens (tertiary/aromatic N) is 2. The summed E-state index contributed by atoms with van der Waals surface area (Å²) >= 11 is 0. The fourth-order valence-electron chi connectivity index (χ4n) is 3.24. The number of aromatic nitrogens is 1. The average molecular weight is 311 g/mol. The van der Waals surface area contributed by atoms with Crippen molar-refractivity contribution >= 4 is 5.91 Å². The van der Waals surface area contributed by atoms with Gasteiger partial charge < -0.3 is 14.8 Å². The Morgan fingerprint density at radius 2 is 2.09 bits per heavy atom. The van der Waals surface area contributed by atoms with E-state index in [4.69, 9.17) is 0 Å². The summed E-state index contributed by atoms with van der Waals surface area (Å²) in [7, 11) is 0. The third kappa shape index (κ3) is 3.32. The average Bonchev–Trinajstić information content (AvgIpc) is 3.00. The highest BCUT2D eigenvalue weighted by Crippen LogP contribution is 2.32. The maximum Gasteiger partial charge on any atom is 0.237 e.